The number of amides is 1. The van der Waals surface area contributed by atoms with E-state index in [1.54, 1.807) is 11.8 Å². The number of phenolic OH excluding ortho intramolecular Hbond substituents is 1. The zero-order valence-corrected chi connectivity index (χ0v) is 13.4. The summed E-state index contributed by atoms with van der Waals surface area (Å²) in [4.78, 5) is 11.3. The van der Waals surface area contributed by atoms with Crippen molar-refractivity contribution in [3.05, 3.63) is 23.5 Å². The fourth-order valence-electron chi connectivity index (χ4n) is 2.09. The molecule has 1 aromatic rings. The third-order valence-corrected chi connectivity index (χ3v) is 4.51. The molecule has 1 aliphatic heterocycles. The number of hydrogen-bond acceptors (Lipinski definition) is 5. The molecule has 1 aromatic carbocycles. The van der Waals surface area contributed by atoms with Gasteiger partial charge in [0.1, 0.15) is 18.0 Å². The number of hydrogen-bond donors (Lipinski definition) is 3. The van der Waals surface area contributed by atoms with Gasteiger partial charge in [-0.05, 0) is 19.2 Å². The Hall–Kier alpha value is -2.31. The Bertz CT molecular complexity index is 798. The third-order valence-electron chi connectivity index (χ3n) is 3.13. The Balaban J connectivity index is 2.46. The molecule has 2 rings (SSSR count). The Morgan fingerprint density at radius 3 is 2.78 bits per heavy atom. The van der Waals surface area contributed by atoms with E-state index in [9.17, 15) is 22.7 Å². The second-order valence-corrected chi connectivity index (χ2v) is 6.65. The van der Waals surface area contributed by atoms with Gasteiger partial charge in [0.2, 0.25) is 0 Å². The van der Waals surface area contributed by atoms with Gasteiger partial charge < -0.3 is 10.4 Å². The minimum absolute atomic E-state index is 0.0459. The minimum Gasteiger partial charge on any atom is -0.506 e. The Morgan fingerprint density at radius 2 is 2.22 bits per heavy atom. The average Bonchev–Trinajstić information content (AvgIpc) is 2.71. The molecule has 124 valence electrons. The van der Waals surface area contributed by atoms with E-state index in [2.05, 4.69) is 17.2 Å². The molecule has 1 fully saturated rings. The van der Waals surface area contributed by atoms with E-state index < -0.39 is 39.9 Å². The second kappa shape index (κ2) is 6.44. The highest BCUT2D eigenvalue weighted by molar-refractivity contribution is 7.92. The van der Waals surface area contributed by atoms with Crippen molar-refractivity contribution in [2.24, 2.45) is 5.92 Å². The van der Waals surface area contributed by atoms with Gasteiger partial charge in [0.05, 0.1) is 5.56 Å². The highest BCUT2D eigenvalue weighted by Gasteiger charge is 2.37. The van der Waals surface area contributed by atoms with Crippen LogP contribution in [-0.2, 0) is 15.0 Å². The molecule has 1 aliphatic rings. The minimum atomic E-state index is -4.22. The quantitative estimate of drug-likeness (QED) is 0.668. The van der Waals surface area contributed by atoms with Crippen LogP contribution >= 0.6 is 0 Å². The molecule has 0 aromatic heterocycles. The van der Waals surface area contributed by atoms with Gasteiger partial charge in [0.25, 0.3) is 5.91 Å². The predicted molar refractivity (Wildman–Crippen MR) is 82.4 cm³/mol. The Labute approximate surface area is 133 Å². The molecule has 0 saturated carbocycles. The van der Waals surface area contributed by atoms with Gasteiger partial charge in [-0.2, -0.15) is 8.42 Å². The number of carbonyl (C=O) groups is 1. The summed E-state index contributed by atoms with van der Waals surface area (Å²) in [5.41, 5.74) is -0.647. The van der Waals surface area contributed by atoms with Crippen molar-refractivity contribution in [1.82, 2.24) is 10.0 Å². The first kappa shape index (κ1) is 17.1. The maximum absolute atomic E-state index is 14.6. The summed E-state index contributed by atoms with van der Waals surface area (Å²) in [7, 11) is -2.45. The first-order chi connectivity index (χ1) is 10.8. The molecule has 1 saturated heterocycles. The van der Waals surface area contributed by atoms with E-state index >= 15 is 0 Å². The van der Waals surface area contributed by atoms with Crippen molar-refractivity contribution in [3.63, 3.8) is 0 Å². The maximum Gasteiger partial charge on any atom is 0.326 e. The number of halogens is 1. The molecule has 0 radical (unpaired) electrons. The van der Waals surface area contributed by atoms with Gasteiger partial charge in [0.15, 0.2) is 5.82 Å². The molecular formula is C14H16FN3O4S. The van der Waals surface area contributed by atoms with Gasteiger partial charge in [-0.3, -0.25) is 4.79 Å². The number of phenols is 1. The molecule has 9 heteroatoms. The molecule has 0 spiro atoms. The van der Waals surface area contributed by atoms with Gasteiger partial charge in [0, 0.05) is 12.5 Å². The number of carbonyl (C=O) groups excluding carboxylic acids is 1. The highest BCUT2D eigenvalue weighted by atomic mass is 32.2. The molecule has 23 heavy (non-hydrogen) atoms. The van der Waals surface area contributed by atoms with Crippen LogP contribution in [0.25, 0.3) is 0 Å². The maximum atomic E-state index is 14.6. The summed E-state index contributed by atoms with van der Waals surface area (Å²) >= 11 is 0. The van der Waals surface area contributed by atoms with E-state index in [0.29, 0.717) is 10.8 Å². The number of aromatic hydroxyl groups is 1. The summed E-state index contributed by atoms with van der Waals surface area (Å²) in [5.74, 6) is 3.02. The van der Waals surface area contributed by atoms with Gasteiger partial charge >= 0.3 is 10.2 Å². The van der Waals surface area contributed by atoms with Crippen molar-refractivity contribution in [1.29, 1.82) is 0 Å². The monoisotopic (exact) mass is 341 g/mol. The molecule has 0 bridgehead atoms. The lowest BCUT2D eigenvalue weighted by atomic mass is 10.1. The molecule has 1 amide bonds. The summed E-state index contributed by atoms with van der Waals surface area (Å²) in [5, 5.41) is 12.7. The van der Waals surface area contributed by atoms with Crippen LogP contribution in [0.4, 0.5) is 10.1 Å². The number of benzene rings is 1. The van der Waals surface area contributed by atoms with E-state index in [0.717, 1.165) is 6.07 Å². The third kappa shape index (κ3) is 3.55. The van der Waals surface area contributed by atoms with Crippen LogP contribution in [-0.4, -0.2) is 39.6 Å². The largest absolute Gasteiger partial charge is 0.506 e. The fraction of sp³-hybridized carbons (Fsp3) is 0.357. The lowest BCUT2D eigenvalue weighted by molar-refractivity contribution is -0.117. The highest BCUT2D eigenvalue weighted by Crippen LogP contribution is 2.34. The van der Waals surface area contributed by atoms with Crippen LogP contribution in [0.5, 0.6) is 5.75 Å². The van der Waals surface area contributed by atoms with Gasteiger partial charge in [-0.15, -0.1) is 0 Å². The average molecular weight is 341 g/mol. The first-order valence-electron chi connectivity index (χ1n) is 6.77. The molecular weight excluding hydrogens is 325 g/mol. The predicted octanol–water partition coefficient (Wildman–Crippen LogP) is -0.0807. The number of anilines is 1. The lowest BCUT2D eigenvalue weighted by Crippen LogP contribution is -2.30. The number of rotatable bonds is 3. The first-order valence-corrected chi connectivity index (χ1v) is 8.21. The summed E-state index contributed by atoms with van der Waals surface area (Å²) < 4.78 is 40.4. The van der Waals surface area contributed by atoms with Crippen molar-refractivity contribution in [2.45, 2.75) is 6.92 Å². The van der Waals surface area contributed by atoms with Crippen LogP contribution in [0.15, 0.2) is 12.1 Å². The zero-order chi connectivity index (χ0) is 17.2. The van der Waals surface area contributed by atoms with Crippen molar-refractivity contribution in [3.8, 4) is 17.6 Å². The smallest absolute Gasteiger partial charge is 0.326 e. The summed E-state index contributed by atoms with van der Waals surface area (Å²) in [6.45, 7) is 1.86. The normalized spacial score (nSPS) is 17.3. The van der Waals surface area contributed by atoms with Crippen molar-refractivity contribution in [2.75, 3.05) is 24.4 Å². The second-order valence-electron chi connectivity index (χ2n) is 5.06. The SMILES string of the molecule is CNCC(C)C#Cc1ccc(O)c(N2CC(=O)NS2(=O)=O)c1F. The van der Waals surface area contributed by atoms with Gasteiger partial charge in [-0.1, -0.05) is 18.8 Å². The van der Waals surface area contributed by atoms with Crippen LogP contribution in [0.2, 0.25) is 0 Å². The Morgan fingerprint density at radius 1 is 1.52 bits per heavy atom. The van der Waals surface area contributed by atoms with Crippen LogP contribution in [0.3, 0.4) is 0 Å². The molecule has 3 N–H and O–H groups in total. The molecule has 0 aliphatic carbocycles. The molecule has 1 heterocycles. The number of nitrogens with one attached hydrogen (secondary N) is 2. The number of nitrogens with zero attached hydrogens (tertiary/aromatic N) is 1. The summed E-state index contributed by atoms with van der Waals surface area (Å²) in [6, 6.07) is 2.40. The van der Waals surface area contributed by atoms with E-state index in [1.807, 2.05) is 6.92 Å². The van der Waals surface area contributed by atoms with Gasteiger partial charge in [-0.25, -0.2) is 13.4 Å². The topological polar surface area (TPSA) is 98.7 Å². The van der Waals surface area contributed by atoms with Crippen molar-refractivity contribution < 1.29 is 22.7 Å². The molecule has 7 nitrogen and oxygen atoms in total. The standard InChI is InChI=1S/C14H16FN3O4S/c1-9(7-16-2)3-4-10-5-6-11(19)14(13(10)15)18-8-12(20)17-23(18,21)22/h5-6,9,16,19H,7-8H2,1-2H3,(H,17,20). The Kier molecular flexibility index (Phi) is 4.77. The van der Waals surface area contributed by atoms with E-state index in [-0.39, 0.29) is 11.5 Å². The van der Waals surface area contributed by atoms with Crippen LogP contribution in [0, 0.1) is 23.6 Å². The lowest BCUT2D eigenvalue weighted by Gasteiger charge is -2.17. The zero-order valence-electron chi connectivity index (χ0n) is 12.6. The fourth-order valence-corrected chi connectivity index (χ4v) is 3.26. The summed E-state index contributed by atoms with van der Waals surface area (Å²) in [6.07, 6.45) is 0. The van der Waals surface area contributed by atoms with Crippen LogP contribution < -0.4 is 14.3 Å². The van der Waals surface area contributed by atoms with E-state index in [4.69, 9.17) is 0 Å². The van der Waals surface area contributed by atoms with Crippen molar-refractivity contribution >= 4 is 21.8 Å². The van der Waals surface area contributed by atoms with E-state index in [1.165, 1.54) is 6.07 Å². The molecule has 1 atom stereocenters. The van der Waals surface area contributed by atoms with Crippen LogP contribution in [0.1, 0.15) is 12.5 Å². The molecule has 1 unspecified atom stereocenters.